The standard InChI is InChI=1S/C25H22F4N8O/c1-12-4-6-21(35-34-12)32-18-9-19-20(8-17(18)26)37(11-30-19)22-7-5-15(14(3)38)24(33-22)16-10-31-36-23(16)13(2)25(27,28)29/h4-11,13-14,38H,1-3H3,(H,31,36)(H,32,35). The number of hydrogen-bond acceptors (Lipinski definition) is 7. The summed E-state index contributed by atoms with van der Waals surface area (Å²) in [5.41, 5.74) is 2.03. The smallest absolute Gasteiger partial charge is 0.389 e. The van der Waals surface area contributed by atoms with E-state index in [1.54, 1.807) is 31.2 Å². The van der Waals surface area contributed by atoms with E-state index in [1.807, 2.05) is 0 Å². The zero-order valence-electron chi connectivity index (χ0n) is 20.4. The van der Waals surface area contributed by atoms with Crippen LogP contribution in [0.1, 0.15) is 42.8 Å². The normalized spacial score (nSPS) is 13.6. The Balaban J connectivity index is 1.58. The maximum Gasteiger partial charge on any atom is 0.396 e. The minimum Gasteiger partial charge on any atom is -0.389 e. The Morgan fingerprint density at radius 2 is 1.87 bits per heavy atom. The van der Waals surface area contributed by atoms with Crippen molar-refractivity contribution in [3.8, 4) is 17.1 Å². The summed E-state index contributed by atoms with van der Waals surface area (Å²) in [5, 5.41) is 27.3. The first-order valence-corrected chi connectivity index (χ1v) is 11.6. The van der Waals surface area contributed by atoms with Gasteiger partial charge in [0.2, 0.25) is 0 Å². The molecule has 13 heteroatoms. The number of aryl methyl sites for hydroxylation is 1. The van der Waals surface area contributed by atoms with Gasteiger partial charge in [0.15, 0.2) is 5.82 Å². The summed E-state index contributed by atoms with van der Waals surface area (Å²) < 4.78 is 57.0. The van der Waals surface area contributed by atoms with Crippen molar-refractivity contribution in [3.63, 3.8) is 0 Å². The fraction of sp³-hybridized carbons (Fsp3) is 0.240. The maximum atomic E-state index is 15.1. The number of benzene rings is 1. The van der Waals surface area contributed by atoms with E-state index in [-0.39, 0.29) is 28.5 Å². The van der Waals surface area contributed by atoms with Gasteiger partial charge in [-0.1, -0.05) is 6.07 Å². The van der Waals surface area contributed by atoms with Gasteiger partial charge >= 0.3 is 6.18 Å². The zero-order valence-corrected chi connectivity index (χ0v) is 20.4. The third-order valence-corrected chi connectivity index (χ3v) is 6.15. The number of pyridine rings is 1. The van der Waals surface area contributed by atoms with Gasteiger partial charge in [-0.25, -0.2) is 14.4 Å². The highest BCUT2D eigenvalue weighted by molar-refractivity contribution is 5.82. The van der Waals surface area contributed by atoms with Crippen LogP contribution in [0, 0.1) is 12.7 Å². The molecule has 2 atom stereocenters. The Bertz CT molecular complexity index is 1610. The fourth-order valence-electron chi connectivity index (χ4n) is 4.04. The summed E-state index contributed by atoms with van der Waals surface area (Å²) in [6.45, 7) is 4.29. The lowest BCUT2D eigenvalue weighted by Gasteiger charge is -2.18. The summed E-state index contributed by atoms with van der Waals surface area (Å²) in [5.74, 6) is -1.81. The van der Waals surface area contributed by atoms with E-state index in [0.29, 0.717) is 28.1 Å². The first kappa shape index (κ1) is 25.3. The molecule has 2 unspecified atom stereocenters. The number of halogens is 4. The molecule has 9 nitrogen and oxygen atoms in total. The molecule has 4 heterocycles. The van der Waals surface area contributed by atoms with Crippen molar-refractivity contribution in [2.24, 2.45) is 0 Å². The summed E-state index contributed by atoms with van der Waals surface area (Å²) in [6.07, 6.45) is -2.86. The van der Waals surface area contributed by atoms with E-state index < -0.39 is 24.0 Å². The average molecular weight is 526 g/mol. The van der Waals surface area contributed by atoms with Gasteiger partial charge in [0.25, 0.3) is 0 Å². The number of aliphatic hydroxyl groups excluding tert-OH is 1. The highest BCUT2D eigenvalue weighted by Crippen LogP contribution is 2.39. The Kier molecular flexibility index (Phi) is 6.31. The van der Waals surface area contributed by atoms with Gasteiger partial charge in [-0.15, -0.1) is 5.10 Å². The molecule has 38 heavy (non-hydrogen) atoms. The van der Waals surface area contributed by atoms with Gasteiger partial charge < -0.3 is 10.4 Å². The summed E-state index contributed by atoms with van der Waals surface area (Å²) in [7, 11) is 0. The minimum absolute atomic E-state index is 0.105. The molecule has 196 valence electrons. The molecule has 0 bridgehead atoms. The maximum absolute atomic E-state index is 15.1. The van der Waals surface area contributed by atoms with Crippen LogP contribution in [0.25, 0.3) is 28.1 Å². The molecule has 0 aliphatic rings. The second-order valence-corrected chi connectivity index (χ2v) is 8.86. The number of alkyl halides is 3. The van der Waals surface area contributed by atoms with Gasteiger partial charge in [0.05, 0.1) is 52.0 Å². The SMILES string of the molecule is Cc1ccc(Nc2cc3ncn(-c4ccc(C(C)O)c(-c5cn[nH]c5C(C)C(F)(F)F)n4)c3cc2F)nn1. The quantitative estimate of drug-likeness (QED) is 0.250. The number of aliphatic hydroxyl groups is 1. The third kappa shape index (κ3) is 4.67. The molecule has 0 aliphatic carbocycles. The monoisotopic (exact) mass is 526 g/mol. The Labute approximate surface area is 213 Å². The number of aromatic nitrogens is 7. The molecule has 5 rings (SSSR count). The Morgan fingerprint density at radius 1 is 1.08 bits per heavy atom. The second kappa shape index (κ2) is 9.49. The summed E-state index contributed by atoms with van der Waals surface area (Å²) >= 11 is 0. The molecule has 0 saturated carbocycles. The van der Waals surface area contributed by atoms with Crippen molar-refractivity contribution in [2.75, 3.05) is 5.32 Å². The number of nitrogens with zero attached hydrogens (tertiary/aromatic N) is 6. The molecule has 0 aliphatic heterocycles. The molecule has 1 aromatic carbocycles. The van der Waals surface area contributed by atoms with Crippen molar-refractivity contribution in [2.45, 2.75) is 39.0 Å². The van der Waals surface area contributed by atoms with Crippen molar-refractivity contribution in [1.82, 2.24) is 34.9 Å². The van der Waals surface area contributed by atoms with Crippen molar-refractivity contribution in [3.05, 3.63) is 71.7 Å². The number of anilines is 2. The van der Waals surface area contributed by atoms with Gasteiger partial charge in [0, 0.05) is 17.2 Å². The number of rotatable bonds is 6. The van der Waals surface area contributed by atoms with Crippen molar-refractivity contribution in [1.29, 1.82) is 0 Å². The highest BCUT2D eigenvalue weighted by Gasteiger charge is 2.40. The van der Waals surface area contributed by atoms with Gasteiger partial charge in [0.1, 0.15) is 18.0 Å². The number of nitrogens with one attached hydrogen (secondary N) is 2. The largest absolute Gasteiger partial charge is 0.396 e. The van der Waals surface area contributed by atoms with Gasteiger partial charge in [-0.3, -0.25) is 9.67 Å². The van der Waals surface area contributed by atoms with E-state index in [4.69, 9.17) is 0 Å². The van der Waals surface area contributed by atoms with Gasteiger partial charge in [-0.05, 0) is 45.0 Å². The number of hydrogen-bond donors (Lipinski definition) is 3. The minimum atomic E-state index is -4.52. The zero-order chi connectivity index (χ0) is 27.2. The lowest BCUT2D eigenvalue weighted by molar-refractivity contribution is -0.147. The molecule has 0 saturated heterocycles. The Hall–Kier alpha value is -4.39. The first-order chi connectivity index (χ1) is 18.0. The van der Waals surface area contributed by atoms with Crippen molar-refractivity contribution >= 4 is 22.5 Å². The van der Waals surface area contributed by atoms with E-state index in [0.717, 1.165) is 6.92 Å². The fourth-order valence-corrected chi connectivity index (χ4v) is 4.04. The molecule has 3 N–H and O–H groups in total. The molecule has 0 fully saturated rings. The van der Waals surface area contributed by atoms with Crippen LogP contribution in [0.3, 0.4) is 0 Å². The summed E-state index contributed by atoms with van der Waals surface area (Å²) in [6, 6.07) is 9.32. The predicted octanol–water partition coefficient (Wildman–Crippen LogP) is 5.51. The van der Waals surface area contributed by atoms with Crippen LogP contribution in [0.15, 0.2) is 48.9 Å². The lowest BCUT2D eigenvalue weighted by atomic mass is 9.97. The Morgan fingerprint density at radius 3 is 2.55 bits per heavy atom. The van der Waals surface area contributed by atoms with E-state index >= 15 is 4.39 Å². The predicted molar refractivity (Wildman–Crippen MR) is 132 cm³/mol. The highest BCUT2D eigenvalue weighted by atomic mass is 19.4. The molecule has 0 radical (unpaired) electrons. The van der Waals surface area contributed by atoms with Crippen LogP contribution in [0.5, 0.6) is 0 Å². The molecule has 4 aromatic heterocycles. The van der Waals surface area contributed by atoms with Crippen LogP contribution in [0.4, 0.5) is 29.1 Å². The molecular formula is C25H22F4N8O. The number of aromatic amines is 1. The summed E-state index contributed by atoms with van der Waals surface area (Å²) in [4.78, 5) is 8.91. The molecule has 0 spiro atoms. The molecular weight excluding hydrogens is 504 g/mol. The second-order valence-electron chi connectivity index (χ2n) is 8.86. The van der Waals surface area contributed by atoms with Crippen LogP contribution in [-0.4, -0.2) is 46.2 Å². The average Bonchev–Trinajstić information content (AvgIpc) is 3.51. The van der Waals surface area contributed by atoms with Crippen LogP contribution in [0.2, 0.25) is 0 Å². The van der Waals surface area contributed by atoms with E-state index in [1.165, 1.54) is 36.1 Å². The topological polar surface area (TPSA) is 117 Å². The number of fused-ring (bicyclic) bond motifs is 1. The molecule has 0 amide bonds. The van der Waals surface area contributed by atoms with E-state index in [9.17, 15) is 18.3 Å². The first-order valence-electron chi connectivity index (χ1n) is 11.6. The molecule has 5 aromatic rings. The lowest BCUT2D eigenvalue weighted by Crippen LogP contribution is -2.19. The van der Waals surface area contributed by atoms with Crippen LogP contribution in [-0.2, 0) is 0 Å². The van der Waals surface area contributed by atoms with Crippen molar-refractivity contribution < 1.29 is 22.7 Å². The van der Waals surface area contributed by atoms with Crippen LogP contribution < -0.4 is 5.32 Å². The van der Waals surface area contributed by atoms with Crippen LogP contribution >= 0.6 is 0 Å². The van der Waals surface area contributed by atoms with Gasteiger partial charge in [-0.2, -0.15) is 23.4 Å². The number of H-pyrrole nitrogens is 1. The third-order valence-electron chi connectivity index (χ3n) is 6.15. The van der Waals surface area contributed by atoms with E-state index in [2.05, 4.69) is 35.7 Å². The number of imidazole rings is 1.